The van der Waals surface area contributed by atoms with Crippen LogP contribution in [0.15, 0.2) is 6.07 Å². The molecule has 0 radical (unpaired) electrons. The van der Waals surface area contributed by atoms with E-state index >= 15 is 0 Å². The number of hydrogen-bond acceptors (Lipinski definition) is 6. The molecule has 6 nitrogen and oxygen atoms in total. The highest BCUT2D eigenvalue weighted by Crippen LogP contribution is 2.59. The maximum absolute atomic E-state index is 11.1. The van der Waals surface area contributed by atoms with Gasteiger partial charge in [-0.25, -0.2) is 0 Å². The molecule has 0 aromatic heterocycles. The van der Waals surface area contributed by atoms with Crippen LogP contribution in [0.25, 0.3) is 28.1 Å². The standard InChI is InChI=1S/C20H20O6/c1-7-6-9(21)11-12-10(7)18-14(20(3,4)8(2)26-18)15(22)13(12)19(25-5)17(24)16(11)23/h6,8,21-24H,1H2,2-5H3. The Morgan fingerprint density at radius 2 is 1.65 bits per heavy atom. The first-order chi connectivity index (χ1) is 12.1. The summed E-state index contributed by atoms with van der Waals surface area (Å²) in [5, 5.41) is 43.9. The highest BCUT2D eigenvalue weighted by molar-refractivity contribution is 6.22. The van der Waals surface area contributed by atoms with Gasteiger partial charge in [0.2, 0.25) is 5.75 Å². The highest BCUT2D eigenvalue weighted by Gasteiger charge is 2.44. The van der Waals surface area contributed by atoms with Gasteiger partial charge >= 0.3 is 0 Å². The zero-order valence-corrected chi connectivity index (χ0v) is 15.0. The van der Waals surface area contributed by atoms with Crippen LogP contribution < -0.4 is 14.7 Å². The van der Waals surface area contributed by atoms with Crippen LogP contribution in [0.2, 0.25) is 0 Å². The van der Waals surface area contributed by atoms with E-state index in [1.165, 1.54) is 13.2 Å². The molecule has 1 atom stereocenters. The number of phenolic OH excluding ortho intramolecular Hbond substituents is 4. The SMILES string of the molecule is C=c1cc(O)c2c(O)c(O)c(OC)c3c(O)c4c(c1c23)OC(C)C4(C)C. The van der Waals surface area contributed by atoms with Crippen molar-refractivity contribution < 1.29 is 29.9 Å². The lowest BCUT2D eigenvalue weighted by molar-refractivity contribution is 0.186. The third-order valence-corrected chi connectivity index (χ3v) is 5.63. The van der Waals surface area contributed by atoms with Crippen molar-refractivity contribution in [1.29, 1.82) is 0 Å². The van der Waals surface area contributed by atoms with E-state index in [1.807, 2.05) is 20.8 Å². The summed E-state index contributed by atoms with van der Waals surface area (Å²) in [6.45, 7) is 9.80. The first-order valence-electron chi connectivity index (χ1n) is 8.24. The summed E-state index contributed by atoms with van der Waals surface area (Å²) in [5.74, 6) is -1.04. The number of benzene rings is 3. The van der Waals surface area contributed by atoms with Crippen molar-refractivity contribution in [1.82, 2.24) is 0 Å². The summed E-state index contributed by atoms with van der Waals surface area (Å²) in [6.07, 6.45) is -0.222. The molecule has 1 heterocycles. The number of ether oxygens (including phenoxy) is 2. The second-order valence-electron chi connectivity index (χ2n) is 7.32. The molecule has 6 heteroatoms. The summed E-state index contributed by atoms with van der Waals surface area (Å²) >= 11 is 0. The van der Waals surface area contributed by atoms with Gasteiger partial charge in [-0.15, -0.1) is 0 Å². The maximum atomic E-state index is 11.1. The van der Waals surface area contributed by atoms with Crippen LogP contribution in [-0.2, 0) is 5.41 Å². The Hall–Kier alpha value is -3.02. The van der Waals surface area contributed by atoms with Gasteiger partial charge in [0.25, 0.3) is 0 Å². The van der Waals surface area contributed by atoms with Crippen LogP contribution in [0.1, 0.15) is 26.3 Å². The van der Waals surface area contributed by atoms with Crippen LogP contribution in [0.5, 0.6) is 34.5 Å². The number of aromatic hydroxyl groups is 4. The van der Waals surface area contributed by atoms with E-state index in [4.69, 9.17) is 9.47 Å². The predicted molar refractivity (Wildman–Crippen MR) is 98.5 cm³/mol. The van der Waals surface area contributed by atoms with E-state index in [2.05, 4.69) is 6.58 Å². The quantitative estimate of drug-likeness (QED) is 0.500. The third-order valence-electron chi connectivity index (χ3n) is 5.63. The average Bonchev–Trinajstić information content (AvgIpc) is 2.79. The first-order valence-corrected chi connectivity index (χ1v) is 8.24. The number of rotatable bonds is 1. The van der Waals surface area contributed by atoms with Crippen molar-refractivity contribution in [2.75, 3.05) is 7.11 Å². The summed E-state index contributed by atoms with van der Waals surface area (Å²) in [4.78, 5) is 0. The average molecular weight is 356 g/mol. The van der Waals surface area contributed by atoms with Gasteiger partial charge in [0, 0.05) is 21.8 Å². The van der Waals surface area contributed by atoms with Gasteiger partial charge in [-0.1, -0.05) is 20.4 Å². The first kappa shape index (κ1) is 16.4. The Morgan fingerprint density at radius 3 is 2.27 bits per heavy atom. The smallest absolute Gasteiger partial charge is 0.202 e. The van der Waals surface area contributed by atoms with Crippen LogP contribution in [0.3, 0.4) is 0 Å². The Morgan fingerprint density at radius 1 is 1.00 bits per heavy atom. The lowest BCUT2D eigenvalue weighted by atomic mass is 9.79. The normalized spacial score (nSPS) is 18.2. The summed E-state index contributed by atoms with van der Waals surface area (Å²) in [6, 6.07) is 1.40. The van der Waals surface area contributed by atoms with E-state index in [-0.39, 0.29) is 34.1 Å². The molecule has 136 valence electrons. The molecule has 0 fully saturated rings. The minimum absolute atomic E-state index is 0.0137. The fraction of sp³-hybridized carbons (Fsp3) is 0.300. The molecule has 26 heavy (non-hydrogen) atoms. The molecule has 3 aromatic carbocycles. The molecule has 0 spiro atoms. The molecular formula is C20H20O6. The van der Waals surface area contributed by atoms with Crippen LogP contribution in [0, 0.1) is 0 Å². The second-order valence-corrected chi connectivity index (χ2v) is 7.32. The lowest BCUT2D eigenvalue weighted by Crippen LogP contribution is -2.28. The summed E-state index contributed by atoms with van der Waals surface area (Å²) < 4.78 is 11.3. The van der Waals surface area contributed by atoms with E-state index in [9.17, 15) is 20.4 Å². The van der Waals surface area contributed by atoms with Gasteiger partial charge in [0.1, 0.15) is 23.4 Å². The van der Waals surface area contributed by atoms with E-state index in [1.54, 1.807) is 0 Å². The molecule has 0 saturated carbocycles. The molecule has 1 aliphatic heterocycles. The highest BCUT2D eigenvalue weighted by atomic mass is 16.5. The van der Waals surface area contributed by atoms with Crippen molar-refractivity contribution in [2.45, 2.75) is 32.3 Å². The number of hydrogen-bond donors (Lipinski definition) is 4. The Balaban J connectivity index is 2.44. The molecule has 0 aliphatic carbocycles. The molecule has 4 rings (SSSR count). The van der Waals surface area contributed by atoms with Gasteiger partial charge in [0.05, 0.1) is 17.9 Å². The zero-order valence-electron chi connectivity index (χ0n) is 15.0. The molecule has 1 aliphatic rings. The second kappa shape index (κ2) is 4.78. The maximum Gasteiger partial charge on any atom is 0.202 e. The lowest BCUT2D eigenvalue weighted by Gasteiger charge is -2.24. The van der Waals surface area contributed by atoms with Crippen LogP contribution >= 0.6 is 0 Å². The third kappa shape index (κ3) is 1.66. The summed E-state index contributed by atoms with van der Waals surface area (Å²) in [5.41, 5.74) is 0.0736. The largest absolute Gasteiger partial charge is 0.507 e. The molecule has 0 amide bonds. The minimum atomic E-state index is -0.548. The number of methoxy groups -OCH3 is 1. The number of phenols is 4. The van der Waals surface area contributed by atoms with E-state index < -0.39 is 16.9 Å². The number of fused-ring (bicyclic) bond motifs is 2. The van der Waals surface area contributed by atoms with E-state index in [0.29, 0.717) is 27.3 Å². The van der Waals surface area contributed by atoms with Gasteiger partial charge in [-0.05, 0) is 18.2 Å². The molecule has 4 N–H and O–H groups in total. The fourth-order valence-electron chi connectivity index (χ4n) is 3.96. The molecular weight excluding hydrogens is 336 g/mol. The van der Waals surface area contributed by atoms with E-state index in [0.717, 1.165) is 0 Å². The molecule has 0 bridgehead atoms. The van der Waals surface area contributed by atoms with Crippen molar-refractivity contribution >= 4 is 28.1 Å². The molecule has 3 aromatic rings. The van der Waals surface area contributed by atoms with Crippen molar-refractivity contribution in [3.8, 4) is 34.5 Å². The minimum Gasteiger partial charge on any atom is -0.507 e. The molecule has 1 unspecified atom stereocenters. The van der Waals surface area contributed by atoms with Gasteiger partial charge in [-0.3, -0.25) is 0 Å². The van der Waals surface area contributed by atoms with Crippen LogP contribution in [-0.4, -0.2) is 33.6 Å². The predicted octanol–water partition coefficient (Wildman–Crippen LogP) is 3.01. The van der Waals surface area contributed by atoms with Gasteiger partial charge in [0.15, 0.2) is 11.5 Å². The Labute approximate surface area is 149 Å². The van der Waals surface area contributed by atoms with Gasteiger partial charge in [-0.2, -0.15) is 0 Å². The Bertz CT molecular complexity index is 1150. The fourth-order valence-corrected chi connectivity index (χ4v) is 3.96. The summed E-state index contributed by atoms with van der Waals surface area (Å²) in [7, 11) is 1.33. The Kier molecular flexibility index (Phi) is 3.03. The zero-order chi connectivity index (χ0) is 19.1. The molecule has 0 saturated heterocycles. The van der Waals surface area contributed by atoms with Crippen molar-refractivity contribution in [2.24, 2.45) is 0 Å². The van der Waals surface area contributed by atoms with Gasteiger partial charge < -0.3 is 29.9 Å². The topological polar surface area (TPSA) is 99.4 Å². The van der Waals surface area contributed by atoms with Crippen molar-refractivity contribution in [3.05, 3.63) is 16.8 Å². The van der Waals surface area contributed by atoms with Crippen molar-refractivity contribution in [3.63, 3.8) is 0 Å². The monoisotopic (exact) mass is 356 g/mol. The van der Waals surface area contributed by atoms with Crippen LogP contribution in [0.4, 0.5) is 0 Å².